The van der Waals surface area contributed by atoms with Gasteiger partial charge in [0.2, 0.25) is 0 Å². The van der Waals surface area contributed by atoms with Gasteiger partial charge < -0.3 is 11.1 Å². The van der Waals surface area contributed by atoms with E-state index in [1.54, 1.807) is 6.07 Å². The summed E-state index contributed by atoms with van der Waals surface area (Å²) in [6.07, 6.45) is 2.64. The van der Waals surface area contributed by atoms with Crippen LogP contribution in [0.25, 0.3) is 5.57 Å². The molecule has 0 heterocycles. The molecule has 1 aromatic carbocycles. The molecule has 0 spiro atoms. The molecule has 0 amide bonds. The Morgan fingerprint density at radius 2 is 2.23 bits per heavy atom. The van der Waals surface area contributed by atoms with E-state index in [2.05, 4.69) is 0 Å². The van der Waals surface area contributed by atoms with Crippen molar-refractivity contribution in [3.8, 4) is 0 Å². The molecule has 0 saturated carbocycles. The predicted octanol–water partition coefficient (Wildman–Crippen LogP) is 2.60. The fourth-order valence-corrected chi connectivity index (χ4v) is 1.17. The molecule has 0 saturated heterocycles. The van der Waals surface area contributed by atoms with Crippen molar-refractivity contribution in [3.05, 3.63) is 40.5 Å². The van der Waals surface area contributed by atoms with Crippen LogP contribution in [0.5, 0.6) is 0 Å². The molecule has 2 nitrogen and oxygen atoms in total. The van der Waals surface area contributed by atoms with Gasteiger partial charge in [-0.2, -0.15) is 0 Å². The Kier molecular flexibility index (Phi) is 3.09. The third kappa shape index (κ3) is 2.10. The zero-order valence-electron chi connectivity index (χ0n) is 7.34. The zero-order chi connectivity index (χ0) is 9.84. The van der Waals surface area contributed by atoms with E-state index in [1.807, 2.05) is 19.1 Å². The molecule has 68 valence electrons. The van der Waals surface area contributed by atoms with Gasteiger partial charge in [-0.15, -0.1) is 0 Å². The second-order valence-electron chi connectivity index (χ2n) is 2.73. The molecule has 0 aromatic heterocycles. The summed E-state index contributed by atoms with van der Waals surface area (Å²) in [6.45, 7) is 1.92. The summed E-state index contributed by atoms with van der Waals surface area (Å²) in [5, 5.41) is 7.84. The van der Waals surface area contributed by atoms with Gasteiger partial charge in [-0.05, 0) is 30.2 Å². The average Bonchev–Trinajstić information content (AvgIpc) is 2.13. The standard InChI is InChI=1S/C10H11ClN2/c1-7-4-8(2-3-10(7)11)9(5-12)6-13/h2-6,12H,13H2,1H3/b9-6+,12-5?. The Bertz CT molecular complexity index is 356. The maximum absolute atomic E-state index is 7.12. The Balaban J connectivity index is 3.17. The number of aryl methyl sites for hydroxylation is 1. The van der Waals surface area contributed by atoms with Crippen molar-refractivity contribution in [1.29, 1.82) is 5.41 Å². The number of halogens is 1. The molecular formula is C10H11ClN2. The van der Waals surface area contributed by atoms with E-state index in [1.165, 1.54) is 12.4 Å². The Morgan fingerprint density at radius 1 is 1.54 bits per heavy atom. The quantitative estimate of drug-likeness (QED) is 0.699. The van der Waals surface area contributed by atoms with Crippen LogP contribution in [0.2, 0.25) is 5.02 Å². The van der Waals surface area contributed by atoms with Crippen LogP contribution in [-0.2, 0) is 0 Å². The summed E-state index contributed by atoms with van der Waals surface area (Å²) in [4.78, 5) is 0. The molecule has 3 heteroatoms. The number of nitrogens with one attached hydrogen (secondary N) is 1. The van der Waals surface area contributed by atoms with Crippen LogP contribution in [-0.4, -0.2) is 6.21 Å². The average molecular weight is 195 g/mol. The fraction of sp³-hybridized carbons (Fsp3) is 0.100. The molecule has 3 N–H and O–H groups in total. The molecule has 0 aliphatic rings. The van der Waals surface area contributed by atoms with E-state index in [0.29, 0.717) is 5.57 Å². The highest BCUT2D eigenvalue weighted by Gasteiger charge is 2.00. The topological polar surface area (TPSA) is 49.9 Å². The minimum atomic E-state index is 0.694. The minimum absolute atomic E-state index is 0.694. The Morgan fingerprint density at radius 3 is 2.69 bits per heavy atom. The van der Waals surface area contributed by atoms with Crippen molar-refractivity contribution in [1.82, 2.24) is 0 Å². The largest absolute Gasteiger partial charge is 0.404 e. The molecule has 0 aliphatic carbocycles. The highest BCUT2D eigenvalue weighted by Crippen LogP contribution is 2.19. The predicted molar refractivity (Wildman–Crippen MR) is 57.1 cm³/mol. The van der Waals surface area contributed by atoms with E-state index in [0.717, 1.165) is 16.1 Å². The van der Waals surface area contributed by atoms with E-state index in [4.69, 9.17) is 22.7 Å². The number of hydrogen-bond donors (Lipinski definition) is 2. The molecule has 1 rings (SSSR count). The van der Waals surface area contributed by atoms with Crippen LogP contribution in [0.1, 0.15) is 11.1 Å². The second kappa shape index (κ2) is 4.10. The maximum atomic E-state index is 7.12. The van der Waals surface area contributed by atoms with Crippen molar-refractivity contribution in [2.75, 3.05) is 0 Å². The lowest BCUT2D eigenvalue weighted by Gasteiger charge is -2.03. The number of allylic oxidation sites excluding steroid dienone is 1. The van der Waals surface area contributed by atoms with Gasteiger partial charge in [0.25, 0.3) is 0 Å². The van der Waals surface area contributed by atoms with Crippen molar-refractivity contribution >= 4 is 23.4 Å². The van der Waals surface area contributed by atoms with Gasteiger partial charge in [-0.1, -0.05) is 17.7 Å². The van der Waals surface area contributed by atoms with Crippen molar-refractivity contribution in [3.63, 3.8) is 0 Å². The molecule has 0 fully saturated rings. The molecule has 13 heavy (non-hydrogen) atoms. The highest BCUT2D eigenvalue weighted by molar-refractivity contribution is 6.31. The van der Waals surface area contributed by atoms with E-state index in [-0.39, 0.29) is 0 Å². The summed E-state index contributed by atoms with van der Waals surface area (Å²) in [5.41, 5.74) is 7.95. The molecule has 0 radical (unpaired) electrons. The maximum Gasteiger partial charge on any atom is 0.0435 e. The van der Waals surface area contributed by atoms with Crippen molar-refractivity contribution in [2.24, 2.45) is 5.73 Å². The lowest BCUT2D eigenvalue weighted by Crippen LogP contribution is -1.91. The first kappa shape index (κ1) is 9.81. The molecule has 0 aliphatic heterocycles. The van der Waals surface area contributed by atoms with E-state index in [9.17, 15) is 0 Å². The normalized spacial score (nSPS) is 11.4. The molecule has 0 unspecified atom stereocenters. The molecular weight excluding hydrogens is 184 g/mol. The fourth-order valence-electron chi connectivity index (χ4n) is 1.05. The number of benzene rings is 1. The van der Waals surface area contributed by atoms with E-state index >= 15 is 0 Å². The van der Waals surface area contributed by atoms with Crippen LogP contribution >= 0.6 is 11.6 Å². The smallest absolute Gasteiger partial charge is 0.0435 e. The summed E-state index contributed by atoms with van der Waals surface area (Å²) in [6, 6.07) is 5.56. The lowest BCUT2D eigenvalue weighted by atomic mass is 10.1. The summed E-state index contributed by atoms with van der Waals surface area (Å²) >= 11 is 5.86. The number of hydrogen-bond acceptors (Lipinski definition) is 2. The third-order valence-corrected chi connectivity index (χ3v) is 2.25. The molecule has 0 bridgehead atoms. The number of nitrogens with two attached hydrogens (primary N) is 1. The Hall–Kier alpha value is -1.28. The van der Waals surface area contributed by atoms with Crippen LogP contribution in [0.4, 0.5) is 0 Å². The van der Waals surface area contributed by atoms with Gasteiger partial charge >= 0.3 is 0 Å². The van der Waals surface area contributed by atoms with Gasteiger partial charge in [0, 0.05) is 23.0 Å². The monoisotopic (exact) mass is 194 g/mol. The zero-order valence-corrected chi connectivity index (χ0v) is 8.10. The van der Waals surface area contributed by atoms with Gasteiger partial charge in [-0.25, -0.2) is 0 Å². The highest BCUT2D eigenvalue weighted by atomic mass is 35.5. The van der Waals surface area contributed by atoms with Gasteiger partial charge in [0.1, 0.15) is 0 Å². The second-order valence-corrected chi connectivity index (χ2v) is 3.14. The van der Waals surface area contributed by atoms with Crippen LogP contribution in [0.3, 0.4) is 0 Å². The minimum Gasteiger partial charge on any atom is -0.404 e. The first-order chi connectivity index (χ1) is 6.19. The van der Waals surface area contributed by atoms with Crippen LogP contribution < -0.4 is 5.73 Å². The summed E-state index contributed by atoms with van der Waals surface area (Å²) in [7, 11) is 0. The van der Waals surface area contributed by atoms with Gasteiger partial charge in [-0.3, -0.25) is 0 Å². The SMILES string of the molecule is Cc1cc(/C(C=N)=C/N)ccc1Cl. The lowest BCUT2D eigenvalue weighted by molar-refractivity contribution is 1.44. The summed E-state index contributed by atoms with van der Waals surface area (Å²) in [5.74, 6) is 0. The van der Waals surface area contributed by atoms with Gasteiger partial charge in [0.15, 0.2) is 0 Å². The first-order valence-electron chi connectivity index (χ1n) is 3.88. The first-order valence-corrected chi connectivity index (χ1v) is 4.25. The molecule has 0 atom stereocenters. The Labute approximate surface area is 82.5 Å². The van der Waals surface area contributed by atoms with Crippen LogP contribution in [0, 0.1) is 12.3 Å². The summed E-state index contributed by atoms with van der Waals surface area (Å²) < 4.78 is 0. The van der Waals surface area contributed by atoms with Crippen LogP contribution in [0.15, 0.2) is 24.4 Å². The molecule has 1 aromatic rings. The van der Waals surface area contributed by atoms with Gasteiger partial charge in [0.05, 0.1) is 0 Å². The van der Waals surface area contributed by atoms with E-state index < -0.39 is 0 Å². The van der Waals surface area contributed by atoms with Crippen molar-refractivity contribution in [2.45, 2.75) is 6.92 Å². The third-order valence-electron chi connectivity index (χ3n) is 1.83. The number of rotatable bonds is 2. The van der Waals surface area contributed by atoms with Crippen molar-refractivity contribution < 1.29 is 0 Å².